The molecule has 2 rings (SSSR count). The molecule has 1 aromatic heterocycles. The molecule has 0 aliphatic heterocycles. The maximum atomic E-state index is 12.5. The lowest BCUT2D eigenvalue weighted by Gasteiger charge is -2.24. The molecular formula is C17H21N3O5. The zero-order valence-electron chi connectivity index (χ0n) is 14.2. The molecule has 0 fully saturated rings. The second kappa shape index (κ2) is 7.80. The summed E-state index contributed by atoms with van der Waals surface area (Å²) in [5.41, 5.74) is -0.220. The Morgan fingerprint density at radius 2 is 1.92 bits per heavy atom. The molecule has 0 radical (unpaired) electrons. The van der Waals surface area contributed by atoms with Crippen LogP contribution in [0.2, 0.25) is 0 Å². The summed E-state index contributed by atoms with van der Waals surface area (Å²) in [6.07, 6.45) is 1.86. The van der Waals surface area contributed by atoms with Crippen molar-refractivity contribution >= 4 is 12.1 Å². The molecule has 1 amide bonds. The molecule has 2 aromatic rings. The lowest BCUT2D eigenvalue weighted by Crippen LogP contribution is -2.39. The highest BCUT2D eigenvalue weighted by Crippen LogP contribution is 2.18. The van der Waals surface area contributed by atoms with Gasteiger partial charge < -0.3 is 19.9 Å². The number of hydrogen-bond acceptors (Lipinski definition) is 6. The largest absolute Gasteiger partial charge is 0.444 e. The average molecular weight is 347 g/mol. The number of esters is 1. The predicted molar refractivity (Wildman–Crippen MR) is 88.1 cm³/mol. The molecule has 0 aliphatic carbocycles. The standard InChI is InChI=1S/C17H21N3O5/c1-17(2,3)25-15(22)19-13(12-7-5-4-6-8-12)14(21)24-16(23)20-10-9-18-11-20/h4-11,13,16,23H,1-3H3,(H,19,22)/t13-,16?/m0/s1. The van der Waals surface area contributed by atoms with Crippen LogP contribution in [-0.2, 0) is 14.3 Å². The minimum Gasteiger partial charge on any atom is -0.444 e. The van der Waals surface area contributed by atoms with Crippen molar-refractivity contribution < 1.29 is 24.2 Å². The highest BCUT2D eigenvalue weighted by atomic mass is 16.7. The lowest BCUT2D eigenvalue weighted by molar-refractivity contribution is -0.187. The van der Waals surface area contributed by atoms with Crippen LogP contribution in [-0.4, -0.2) is 32.3 Å². The normalized spacial score (nSPS) is 13.6. The van der Waals surface area contributed by atoms with E-state index in [1.807, 2.05) is 0 Å². The van der Waals surface area contributed by atoms with E-state index in [-0.39, 0.29) is 0 Å². The van der Waals surface area contributed by atoms with Gasteiger partial charge >= 0.3 is 12.1 Å². The Balaban J connectivity index is 2.14. The number of carbonyl (C=O) groups excluding carboxylic acids is 2. The van der Waals surface area contributed by atoms with E-state index in [4.69, 9.17) is 9.47 Å². The van der Waals surface area contributed by atoms with E-state index in [1.165, 1.54) is 23.3 Å². The van der Waals surface area contributed by atoms with Gasteiger partial charge in [0, 0.05) is 12.4 Å². The zero-order chi connectivity index (χ0) is 18.4. The molecule has 8 heteroatoms. The molecule has 8 nitrogen and oxygen atoms in total. The third kappa shape index (κ3) is 5.61. The van der Waals surface area contributed by atoms with E-state index in [0.717, 1.165) is 0 Å². The van der Waals surface area contributed by atoms with Gasteiger partial charge in [-0.1, -0.05) is 30.3 Å². The maximum absolute atomic E-state index is 12.5. The van der Waals surface area contributed by atoms with Gasteiger partial charge in [-0.25, -0.2) is 14.6 Å². The predicted octanol–water partition coefficient (Wildman–Crippen LogP) is 2.14. The Hall–Kier alpha value is -2.87. The van der Waals surface area contributed by atoms with Crippen LogP contribution in [0.25, 0.3) is 0 Å². The van der Waals surface area contributed by atoms with E-state index in [9.17, 15) is 14.7 Å². The number of amides is 1. The Bertz CT molecular complexity index is 695. The number of alkyl carbamates (subject to hydrolysis) is 1. The SMILES string of the molecule is CC(C)(C)OC(=O)N[C@H](C(=O)OC(O)n1ccnc1)c1ccccc1. The van der Waals surface area contributed by atoms with Gasteiger partial charge in [0.25, 0.3) is 6.41 Å². The number of imidazole rings is 1. The summed E-state index contributed by atoms with van der Waals surface area (Å²) in [5.74, 6) is -0.835. The molecular weight excluding hydrogens is 326 g/mol. The fourth-order valence-electron chi connectivity index (χ4n) is 1.98. The Kier molecular flexibility index (Phi) is 5.76. The van der Waals surface area contributed by atoms with Gasteiger partial charge in [0.2, 0.25) is 0 Å². The van der Waals surface area contributed by atoms with Crippen LogP contribution in [0.1, 0.15) is 38.8 Å². The van der Waals surface area contributed by atoms with Gasteiger partial charge in [-0.3, -0.25) is 4.57 Å². The number of hydrogen-bond donors (Lipinski definition) is 2. The number of aliphatic hydroxyl groups is 1. The summed E-state index contributed by atoms with van der Waals surface area (Å²) >= 11 is 0. The molecule has 134 valence electrons. The Morgan fingerprint density at radius 3 is 2.48 bits per heavy atom. The van der Waals surface area contributed by atoms with Crippen molar-refractivity contribution in [1.29, 1.82) is 0 Å². The second-order valence-corrected chi connectivity index (χ2v) is 6.26. The van der Waals surface area contributed by atoms with Crippen molar-refractivity contribution in [3.8, 4) is 0 Å². The van der Waals surface area contributed by atoms with E-state index in [1.54, 1.807) is 51.1 Å². The number of nitrogens with one attached hydrogen (secondary N) is 1. The number of ether oxygens (including phenoxy) is 2. The summed E-state index contributed by atoms with van der Waals surface area (Å²) in [4.78, 5) is 28.3. The molecule has 1 unspecified atom stereocenters. The fraction of sp³-hybridized carbons (Fsp3) is 0.353. The summed E-state index contributed by atoms with van der Waals surface area (Å²) < 4.78 is 11.4. The van der Waals surface area contributed by atoms with Crippen molar-refractivity contribution in [3.63, 3.8) is 0 Å². The first-order valence-corrected chi connectivity index (χ1v) is 7.67. The Labute approximate surface area is 145 Å². The molecule has 1 aromatic carbocycles. The molecule has 0 bridgehead atoms. The molecule has 1 heterocycles. The summed E-state index contributed by atoms with van der Waals surface area (Å²) in [6.45, 7) is 5.14. The van der Waals surface area contributed by atoms with Crippen LogP contribution < -0.4 is 5.32 Å². The number of rotatable bonds is 5. The molecule has 0 spiro atoms. The van der Waals surface area contributed by atoms with E-state index < -0.39 is 30.1 Å². The number of aromatic nitrogens is 2. The van der Waals surface area contributed by atoms with Crippen molar-refractivity contribution in [2.24, 2.45) is 0 Å². The third-order valence-electron chi connectivity index (χ3n) is 3.03. The minimum atomic E-state index is -1.55. The van der Waals surface area contributed by atoms with Crippen LogP contribution in [0.15, 0.2) is 49.1 Å². The van der Waals surface area contributed by atoms with Crippen LogP contribution in [0.5, 0.6) is 0 Å². The van der Waals surface area contributed by atoms with Gasteiger partial charge in [0.05, 0.1) is 6.33 Å². The van der Waals surface area contributed by atoms with E-state index in [2.05, 4.69) is 10.3 Å². The van der Waals surface area contributed by atoms with Crippen LogP contribution in [0.3, 0.4) is 0 Å². The average Bonchev–Trinajstić information content (AvgIpc) is 3.06. The molecule has 0 saturated carbocycles. The van der Waals surface area contributed by atoms with Gasteiger partial charge in [-0.05, 0) is 26.3 Å². The lowest BCUT2D eigenvalue weighted by atomic mass is 10.1. The quantitative estimate of drug-likeness (QED) is 0.634. The highest BCUT2D eigenvalue weighted by Gasteiger charge is 2.28. The topological polar surface area (TPSA) is 103 Å². The molecule has 25 heavy (non-hydrogen) atoms. The molecule has 2 N–H and O–H groups in total. The first-order chi connectivity index (χ1) is 11.8. The summed E-state index contributed by atoms with van der Waals surface area (Å²) in [5, 5.41) is 12.4. The van der Waals surface area contributed by atoms with Crippen LogP contribution in [0, 0.1) is 0 Å². The number of aliphatic hydroxyl groups excluding tert-OH is 1. The zero-order valence-corrected chi connectivity index (χ0v) is 14.2. The minimum absolute atomic E-state index is 0.496. The van der Waals surface area contributed by atoms with Crippen LogP contribution in [0.4, 0.5) is 4.79 Å². The number of carbonyl (C=O) groups is 2. The summed E-state index contributed by atoms with van der Waals surface area (Å²) in [7, 11) is 0. The Morgan fingerprint density at radius 1 is 1.24 bits per heavy atom. The molecule has 0 aliphatic rings. The first-order valence-electron chi connectivity index (χ1n) is 7.67. The van der Waals surface area contributed by atoms with Crippen molar-refractivity contribution in [3.05, 3.63) is 54.6 Å². The maximum Gasteiger partial charge on any atom is 0.408 e. The van der Waals surface area contributed by atoms with Crippen LogP contribution >= 0.6 is 0 Å². The monoisotopic (exact) mass is 347 g/mol. The number of nitrogens with zero attached hydrogens (tertiary/aromatic N) is 2. The van der Waals surface area contributed by atoms with Crippen molar-refractivity contribution in [2.45, 2.75) is 38.8 Å². The van der Waals surface area contributed by atoms with Gasteiger partial charge in [0.1, 0.15) is 5.60 Å². The molecule has 2 atom stereocenters. The van der Waals surface area contributed by atoms with E-state index in [0.29, 0.717) is 5.56 Å². The highest BCUT2D eigenvalue weighted by molar-refractivity contribution is 5.82. The van der Waals surface area contributed by atoms with Gasteiger partial charge in [0.15, 0.2) is 6.04 Å². The summed E-state index contributed by atoms with van der Waals surface area (Å²) in [6, 6.07) is 7.41. The van der Waals surface area contributed by atoms with Gasteiger partial charge in [-0.2, -0.15) is 0 Å². The van der Waals surface area contributed by atoms with Gasteiger partial charge in [-0.15, -0.1) is 0 Å². The number of benzene rings is 1. The fourth-order valence-corrected chi connectivity index (χ4v) is 1.98. The van der Waals surface area contributed by atoms with E-state index >= 15 is 0 Å². The third-order valence-corrected chi connectivity index (χ3v) is 3.03. The second-order valence-electron chi connectivity index (χ2n) is 6.26. The molecule has 0 saturated heterocycles. The van der Waals surface area contributed by atoms with Crippen molar-refractivity contribution in [2.75, 3.05) is 0 Å². The van der Waals surface area contributed by atoms with Crippen molar-refractivity contribution in [1.82, 2.24) is 14.9 Å². The smallest absolute Gasteiger partial charge is 0.408 e. The first kappa shape index (κ1) is 18.5.